The van der Waals surface area contributed by atoms with Gasteiger partial charge in [-0.1, -0.05) is 44.4 Å². The maximum Gasteiger partial charge on any atom is 0.229 e. The summed E-state index contributed by atoms with van der Waals surface area (Å²) in [7, 11) is 0. The number of amides is 2. The lowest BCUT2D eigenvalue weighted by molar-refractivity contribution is -0.130. The second kappa shape index (κ2) is 7.16. The number of hydrogen-bond donors (Lipinski definition) is 1. The van der Waals surface area contributed by atoms with Gasteiger partial charge in [-0.05, 0) is 30.9 Å². The first-order valence-corrected chi connectivity index (χ1v) is 8.87. The first kappa shape index (κ1) is 16.0. The molecule has 2 aliphatic rings. The van der Waals surface area contributed by atoms with Crippen LogP contribution >= 0.6 is 0 Å². The van der Waals surface area contributed by atoms with Crippen LogP contribution < -0.4 is 5.32 Å². The predicted molar refractivity (Wildman–Crippen MR) is 91.1 cm³/mol. The summed E-state index contributed by atoms with van der Waals surface area (Å²) in [5, 5.41) is 3.03. The number of carbonyl (C=O) groups excluding carboxylic acids is 2. The van der Waals surface area contributed by atoms with Gasteiger partial charge in [0.2, 0.25) is 11.8 Å². The van der Waals surface area contributed by atoms with Crippen molar-refractivity contribution in [1.82, 2.24) is 4.90 Å². The minimum Gasteiger partial charge on any atom is -0.339 e. The van der Waals surface area contributed by atoms with Gasteiger partial charge in [-0.3, -0.25) is 9.59 Å². The van der Waals surface area contributed by atoms with E-state index in [1.165, 1.54) is 19.3 Å². The molecule has 1 aromatic rings. The van der Waals surface area contributed by atoms with Crippen molar-refractivity contribution in [2.24, 2.45) is 5.92 Å². The molecule has 0 spiro atoms. The van der Waals surface area contributed by atoms with Gasteiger partial charge >= 0.3 is 0 Å². The van der Waals surface area contributed by atoms with E-state index < -0.39 is 0 Å². The Bertz CT molecular complexity index is 578. The van der Waals surface area contributed by atoms with E-state index >= 15 is 0 Å². The molecule has 0 aromatic heterocycles. The average molecular weight is 314 g/mol. The zero-order chi connectivity index (χ0) is 16.2. The Balaban J connectivity index is 1.63. The number of rotatable bonds is 4. The van der Waals surface area contributed by atoms with Gasteiger partial charge < -0.3 is 10.2 Å². The van der Waals surface area contributed by atoms with Gasteiger partial charge in [-0.15, -0.1) is 0 Å². The van der Waals surface area contributed by atoms with Crippen LogP contribution in [-0.2, 0) is 16.0 Å². The van der Waals surface area contributed by atoms with Gasteiger partial charge in [-0.25, -0.2) is 0 Å². The number of nitrogens with zero attached hydrogens (tertiary/aromatic N) is 1. The first-order chi connectivity index (χ1) is 11.2. The first-order valence-electron chi connectivity index (χ1n) is 8.87. The van der Waals surface area contributed by atoms with E-state index in [-0.39, 0.29) is 17.7 Å². The molecule has 1 aliphatic carbocycles. The van der Waals surface area contributed by atoms with E-state index in [2.05, 4.69) is 12.2 Å². The Morgan fingerprint density at radius 3 is 2.70 bits per heavy atom. The summed E-state index contributed by atoms with van der Waals surface area (Å²) >= 11 is 0. The molecule has 4 nitrogen and oxygen atoms in total. The number of aryl methyl sites for hydroxylation is 1. The van der Waals surface area contributed by atoms with Crippen molar-refractivity contribution >= 4 is 17.5 Å². The highest BCUT2D eigenvalue weighted by atomic mass is 16.2. The molecule has 1 aliphatic heterocycles. The van der Waals surface area contributed by atoms with Crippen molar-refractivity contribution in [3.63, 3.8) is 0 Å². The maximum absolute atomic E-state index is 12.6. The summed E-state index contributed by atoms with van der Waals surface area (Å²) in [6, 6.07) is 8.24. The highest BCUT2D eigenvalue weighted by molar-refractivity contribution is 5.97. The number of hydrogen-bond acceptors (Lipinski definition) is 2. The average Bonchev–Trinajstić information content (AvgIpc) is 2.98. The van der Waals surface area contributed by atoms with E-state index in [1.807, 2.05) is 29.2 Å². The van der Waals surface area contributed by atoms with Gasteiger partial charge in [0, 0.05) is 24.7 Å². The van der Waals surface area contributed by atoms with Crippen LogP contribution in [0.1, 0.15) is 51.0 Å². The molecule has 2 fully saturated rings. The largest absolute Gasteiger partial charge is 0.339 e. The number of para-hydroxylation sites is 1. The molecule has 4 heteroatoms. The van der Waals surface area contributed by atoms with Gasteiger partial charge in [0.15, 0.2) is 0 Å². The van der Waals surface area contributed by atoms with Crippen molar-refractivity contribution in [2.75, 3.05) is 11.9 Å². The van der Waals surface area contributed by atoms with Crippen LogP contribution in [-0.4, -0.2) is 29.3 Å². The Hall–Kier alpha value is -1.84. The van der Waals surface area contributed by atoms with E-state index in [4.69, 9.17) is 0 Å². The zero-order valence-electron chi connectivity index (χ0n) is 13.9. The lowest BCUT2D eigenvalue weighted by Crippen LogP contribution is -2.38. The van der Waals surface area contributed by atoms with Crippen molar-refractivity contribution in [1.29, 1.82) is 0 Å². The topological polar surface area (TPSA) is 49.4 Å². The number of likely N-dealkylation sites (tertiary alicyclic amines) is 1. The van der Waals surface area contributed by atoms with Crippen LogP contribution in [0, 0.1) is 5.92 Å². The fraction of sp³-hybridized carbons (Fsp3) is 0.579. The third-order valence-corrected chi connectivity index (χ3v) is 5.20. The molecule has 1 heterocycles. The molecule has 1 saturated carbocycles. The molecule has 1 aromatic carbocycles. The van der Waals surface area contributed by atoms with Crippen LogP contribution in [0.2, 0.25) is 0 Å². The van der Waals surface area contributed by atoms with Gasteiger partial charge in [-0.2, -0.15) is 0 Å². The summed E-state index contributed by atoms with van der Waals surface area (Å²) in [6.07, 6.45) is 7.11. The minimum absolute atomic E-state index is 0.0161. The summed E-state index contributed by atoms with van der Waals surface area (Å²) < 4.78 is 0. The second-order valence-corrected chi connectivity index (χ2v) is 6.74. The Labute approximate surface area is 138 Å². The minimum atomic E-state index is -0.214. The SMILES string of the molecule is CCc1ccccc1NC(=O)[C@@H]1CC(=O)N(C2CCCCC2)C1. The number of anilines is 1. The highest BCUT2D eigenvalue weighted by Crippen LogP contribution is 2.29. The molecular formula is C19H26N2O2. The third-order valence-electron chi connectivity index (χ3n) is 5.20. The van der Waals surface area contributed by atoms with Gasteiger partial charge in [0.25, 0.3) is 0 Å². The fourth-order valence-corrected chi connectivity index (χ4v) is 3.84. The number of nitrogens with one attached hydrogen (secondary N) is 1. The van der Waals surface area contributed by atoms with E-state index in [9.17, 15) is 9.59 Å². The number of carbonyl (C=O) groups is 2. The van der Waals surface area contributed by atoms with Crippen molar-refractivity contribution < 1.29 is 9.59 Å². The van der Waals surface area contributed by atoms with Crippen LogP contribution in [0.15, 0.2) is 24.3 Å². The maximum atomic E-state index is 12.6. The Kier molecular flexibility index (Phi) is 4.99. The summed E-state index contributed by atoms with van der Waals surface area (Å²) in [5.41, 5.74) is 2.01. The van der Waals surface area contributed by atoms with Crippen molar-refractivity contribution in [3.8, 4) is 0 Å². The molecule has 124 valence electrons. The quantitative estimate of drug-likeness (QED) is 0.926. The molecule has 3 rings (SSSR count). The standard InChI is InChI=1S/C19H26N2O2/c1-2-14-8-6-7-11-17(14)20-19(23)15-12-18(22)21(13-15)16-9-4-3-5-10-16/h6-8,11,15-16H,2-5,9-10,12-13H2,1H3,(H,20,23)/t15-/m1/s1. The van der Waals surface area contributed by atoms with Crippen LogP contribution in [0.4, 0.5) is 5.69 Å². The van der Waals surface area contributed by atoms with E-state index in [0.29, 0.717) is 19.0 Å². The molecule has 0 unspecified atom stereocenters. The smallest absolute Gasteiger partial charge is 0.229 e. The molecule has 1 saturated heterocycles. The van der Waals surface area contributed by atoms with Crippen LogP contribution in [0.3, 0.4) is 0 Å². The molecule has 1 N–H and O–H groups in total. The summed E-state index contributed by atoms with van der Waals surface area (Å²) in [4.78, 5) is 26.8. The van der Waals surface area contributed by atoms with Gasteiger partial charge in [0.1, 0.15) is 0 Å². The fourth-order valence-electron chi connectivity index (χ4n) is 3.84. The monoisotopic (exact) mass is 314 g/mol. The Morgan fingerprint density at radius 2 is 1.96 bits per heavy atom. The third kappa shape index (κ3) is 3.57. The number of benzene rings is 1. The highest BCUT2D eigenvalue weighted by Gasteiger charge is 2.38. The van der Waals surface area contributed by atoms with Gasteiger partial charge in [0.05, 0.1) is 5.92 Å². The summed E-state index contributed by atoms with van der Waals surface area (Å²) in [6.45, 7) is 2.67. The molecule has 0 radical (unpaired) electrons. The van der Waals surface area contributed by atoms with E-state index in [1.54, 1.807) is 0 Å². The van der Waals surface area contributed by atoms with Crippen molar-refractivity contribution in [2.45, 2.75) is 57.9 Å². The predicted octanol–water partition coefficient (Wildman–Crippen LogP) is 3.37. The molecule has 23 heavy (non-hydrogen) atoms. The summed E-state index contributed by atoms with van der Waals surface area (Å²) in [5.74, 6) is -0.0762. The lowest BCUT2D eigenvalue weighted by Gasteiger charge is -2.31. The molecule has 0 bridgehead atoms. The second-order valence-electron chi connectivity index (χ2n) is 6.74. The molecule has 2 amide bonds. The van der Waals surface area contributed by atoms with Crippen LogP contribution in [0.25, 0.3) is 0 Å². The van der Waals surface area contributed by atoms with E-state index in [0.717, 1.165) is 30.5 Å². The van der Waals surface area contributed by atoms with Crippen molar-refractivity contribution in [3.05, 3.63) is 29.8 Å². The zero-order valence-corrected chi connectivity index (χ0v) is 13.9. The normalized spacial score (nSPS) is 22.4. The molecular weight excluding hydrogens is 288 g/mol. The Morgan fingerprint density at radius 1 is 1.22 bits per heavy atom. The van der Waals surface area contributed by atoms with Crippen LogP contribution in [0.5, 0.6) is 0 Å². The lowest BCUT2D eigenvalue weighted by atomic mass is 9.94. The molecule has 1 atom stereocenters.